The lowest BCUT2D eigenvalue weighted by Gasteiger charge is -2.14. The van der Waals surface area contributed by atoms with Gasteiger partial charge in [-0.15, -0.1) is 0 Å². The first-order chi connectivity index (χ1) is 6.76. The maximum atomic E-state index is 5.26. The molecule has 0 unspecified atom stereocenters. The average molecular weight is 194 g/mol. The predicted octanol–water partition coefficient (Wildman–Crippen LogP) is 1.62. The summed E-state index contributed by atoms with van der Waals surface area (Å²) in [7, 11) is 7.20. The summed E-state index contributed by atoms with van der Waals surface area (Å²) < 4.78 is 5.26. The molecule has 0 aromatic heterocycles. The van der Waals surface area contributed by atoms with E-state index in [1.54, 1.807) is 7.11 Å². The smallest absolute Gasteiger partial charge is 0.146 e. The van der Waals surface area contributed by atoms with Gasteiger partial charge in [-0.05, 0) is 0 Å². The minimum absolute atomic E-state index is 0.792. The second kappa shape index (κ2) is 4.60. The first-order valence-corrected chi connectivity index (χ1v) is 4.44. The normalized spacial score (nSPS) is 9.43. The van der Waals surface area contributed by atoms with Crippen molar-refractivity contribution >= 4 is 17.1 Å². The van der Waals surface area contributed by atoms with Crippen LogP contribution in [0.1, 0.15) is 0 Å². The van der Waals surface area contributed by atoms with E-state index in [-0.39, 0.29) is 0 Å². The van der Waals surface area contributed by atoms with Crippen molar-refractivity contribution in [1.82, 2.24) is 0 Å². The summed E-state index contributed by atoms with van der Waals surface area (Å²) in [6.45, 7) is 0. The molecule has 0 saturated carbocycles. The molecule has 14 heavy (non-hydrogen) atoms. The highest BCUT2D eigenvalue weighted by molar-refractivity contribution is 5.79. The molecule has 0 fully saturated rings. The Morgan fingerprint density at radius 2 is 1.86 bits per heavy atom. The zero-order valence-corrected chi connectivity index (χ0v) is 8.99. The standard InChI is InChI=1S/C10H16N3O/c1-11-7-5-8(12-2)10(13-3)9(6-7)14-4/h6,11-13H,1-4H3. The first kappa shape index (κ1) is 10.5. The molecule has 0 bridgehead atoms. The van der Waals surface area contributed by atoms with Gasteiger partial charge in [-0.1, -0.05) is 0 Å². The molecule has 0 amide bonds. The number of hydrogen-bond donors (Lipinski definition) is 3. The van der Waals surface area contributed by atoms with Crippen LogP contribution >= 0.6 is 0 Å². The SMILES string of the molecule is CNc1[c]c(NC)c(NC)c(OC)c1. The third-order valence-electron chi connectivity index (χ3n) is 2.02. The fourth-order valence-corrected chi connectivity index (χ4v) is 1.29. The molecule has 1 aromatic carbocycles. The Morgan fingerprint density at radius 3 is 2.29 bits per heavy atom. The Hall–Kier alpha value is -1.58. The Labute approximate surface area is 84.7 Å². The molecule has 1 rings (SSSR count). The molecule has 1 radical (unpaired) electrons. The molecule has 0 aliphatic heterocycles. The quantitative estimate of drug-likeness (QED) is 0.681. The average Bonchev–Trinajstić information content (AvgIpc) is 2.26. The number of methoxy groups -OCH3 is 1. The lowest BCUT2D eigenvalue weighted by Crippen LogP contribution is -2.01. The number of anilines is 3. The van der Waals surface area contributed by atoms with Crippen LogP contribution in [0.25, 0.3) is 0 Å². The van der Waals surface area contributed by atoms with Gasteiger partial charge < -0.3 is 20.7 Å². The molecule has 4 nitrogen and oxygen atoms in total. The summed E-state index contributed by atoms with van der Waals surface area (Å²) in [5.74, 6) is 0.792. The molecule has 0 spiro atoms. The predicted molar refractivity (Wildman–Crippen MR) is 60.5 cm³/mol. The van der Waals surface area contributed by atoms with Crippen molar-refractivity contribution in [3.05, 3.63) is 12.1 Å². The zero-order valence-electron chi connectivity index (χ0n) is 8.99. The highest BCUT2D eigenvalue weighted by Crippen LogP contribution is 2.34. The van der Waals surface area contributed by atoms with Crippen LogP contribution in [0.4, 0.5) is 17.1 Å². The molecule has 4 heteroatoms. The van der Waals surface area contributed by atoms with Crippen LogP contribution in [-0.2, 0) is 0 Å². The van der Waals surface area contributed by atoms with E-state index >= 15 is 0 Å². The fraction of sp³-hybridized carbons (Fsp3) is 0.400. The molecule has 0 atom stereocenters. The van der Waals surface area contributed by atoms with Crippen molar-refractivity contribution < 1.29 is 4.74 Å². The summed E-state index contributed by atoms with van der Waals surface area (Å²) in [5, 5.41) is 9.15. The van der Waals surface area contributed by atoms with Crippen LogP contribution < -0.4 is 20.7 Å². The molecular weight excluding hydrogens is 178 g/mol. The molecule has 3 N–H and O–H groups in total. The van der Waals surface area contributed by atoms with E-state index < -0.39 is 0 Å². The second-order valence-corrected chi connectivity index (χ2v) is 2.75. The van der Waals surface area contributed by atoms with Gasteiger partial charge in [0.2, 0.25) is 0 Å². The Morgan fingerprint density at radius 1 is 1.14 bits per heavy atom. The summed E-state index contributed by atoms with van der Waals surface area (Å²) >= 11 is 0. The van der Waals surface area contributed by atoms with Crippen molar-refractivity contribution in [2.24, 2.45) is 0 Å². The van der Waals surface area contributed by atoms with Gasteiger partial charge in [0.15, 0.2) is 0 Å². The maximum absolute atomic E-state index is 5.26. The molecule has 0 saturated heterocycles. The zero-order chi connectivity index (χ0) is 10.6. The maximum Gasteiger partial charge on any atom is 0.146 e. The van der Waals surface area contributed by atoms with Gasteiger partial charge in [-0.2, -0.15) is 0 Å². The minimum Gasteiger partial charge on any atom is -0.494 e. The van der Waals surface area contributed by atoms with E-state index in [1.165, 1.54) is 0 Å². The highest BCUT2D eigenvalue weighted by atomic mass is 16.5. The molecule has 0 heterocycles. The summed E-state index contributed by atoms with van der Waals surface area (Å²) in [6, 6.07) is 5.07. The van der Waals surface area contributed by atoms with Crippen LogP contribution in [0.3, 0.4) is 0 Å². The summed E-state index contributed by atoms with van der Waals surface area (Å²) in [4.78, 5) is 0. The minimum atomic E-state index is 0.792. The number of benzene rings is 1. The van der Waals surface area contributed by atoms with Crippen LogP contribution in [0.2, 0.25) is 0 Å². The van der Waals surface area contributed by atoms with Crippen molar-refractivity contribution in [3.63, 3.8) is 0 Å². The lowest BCUT2D eigenvalue weighted by molar-refractivity contribution is 0.417. The monoisotopic (exact) mass is 194 g/mol. The first-order valence-electron chi connectivity index (χ1n) is 4.44. The van der Waals surface area contributed by atoms with Crippen LogP contribution in [0, 0.1) is 6.07 Å². The largest absolute Gasteiger partial charge is 0.494 e. The fourth-order valence-electron chi connectivity index (χ4n) is 1.29. The van der Waals surface area contributed by atoms with Crippen molar-refractivity contribution in [3.8, 4) is 5.75 Å². The molecule has 77 valence electrons. The number of nitrogens with one attached hydrogen (secondary N) is 3. The van der Waals surface area contributed by atoms with Crippen molar-refractivity contribution in [1.29, 1.82) is 0 Å². The molecule has 1 aromatic rings. The number of hydrogen-bond acceptors (Lipinski definition) is 4. The van der Waals surface area contributed by atoms with Gasteiger partial charge in [0.05, 0.1) is 12.8 Å². The third-order valence-corrected chi connectivity index (χ3v) is 2.02. The van der Waals surface area contributed by atoms with E-state index in [0.29, 0.717) is 0 Å². The lowest BCUT2D eigenvalue weighted by atomic mass is 10.2. The van der Waals surface area contributed by atoms with Gasteiger partial charge >= 0.3 is 0 Å². The summed E-state index contributed by atoms with van der Waals surface area (Å²) in [6.07, 6.45) is 0. The van der Waals surface area contributed by atoms with Gasteiger partial charge in [0.25, 0.3) is 0 Å². The van der Waals surface area contributed by atoms with Crippen molar-refractivity contribution in [2.75, 3.05) is 44.2 Å². The van der Waals surface area contributed by atoms with Gasteiger partial charge in [-0.25, -0.2) is 0 Å². The molecule has 0 aliphatic carbocycles. The van der Waals surface area contributed by atoms with E-state index in [0.717, 1.165) is 22.8 Å². The van der Waals surface area contributed by atoms with Crippen molar-refractivity contribution in [2.45, 2.75) is 0 Å². The van der Waals surface area contributed by atoms with Crippen LogP contribution in [0.5, 0.6) is 5.75 Å². The second-order valence-electron chi connectivity index (χ2n) is 2.75. The van der Waals surface area contributed by atoms with Crippen LogP contribution in [0.15, 0.2) is 6.07 Å². The van der Waals surface area contributed by atoms with E-state index in [2.05, 4.69) is 22.0 Å². The van der Waals surface area contributed by atoms with E-state index in [9.17, 15) is 0 Å². The Bertz CT molecular complexity index is 287. The van der Waals surface area contributed by atoms with Gasteiger partial charge in [0, 0.05) is 39.0 Å². The van der Waals surface area contributed by atoms with E-state index in [4.69, 9.17) is 4.74 Å². The Kier molecular flexibility index (Phi) is 3.45. The third kappa shape index (κ3) is 1.84. The Balaban J connectivity index is 3.24. The van der Waals surface area contributed by atoms with E-state index in [1.807, 2.05) is 27.2 Å². The molecule has 0 aliphatic rings. The van der Waals surface area contributed by atoms with Gasteiger partial charge in [0.1, 0.15) is 11.4 Å². The summed E-state index contributed by atoms with van der Waals surface area (Å²) in [5.41, 5.74) is 2.69. The van der Waals surface area contributed by atoms with Gasteiger partial charge in [-0.3, -0.25) is 0 Å². The highest BCUT2D eigenvalue weighted by Gasteiger charge is 2.08. The number of rotatable bonds is 4. The topological polar surface area (TPSA) is 45.3 Å². The number of ether oxygens (including phenoxy) is 1. The van der Waals surface area contributed by atoms with Crippen LogP contribution in [-0.4, -0.2) is 28.3 Å². The molecular formula is C10H16N3O.